The summed E-state index contributed by atoms with van der Waals surface area (Å²) in [6.45, 7) is 1.13. The monoisotopic (exact) mass is 439 g/mol. The van der Waals surface area contributed by atoms with Gasteiger partial charge in [0.15, 0.2) is 6.61 Å². The van der Waals surface area contributed by atoms with E-state index in [0.29, 0.717) is 22.8 Å². The molecule has 3 rings (SSSR count). The highest BCUT2D eigenvalue weighted by Crippen LogP contribution is 2.19. The van der Waals surface area contributed by atoms with Crippen LogP contribution in [0.15, 0.2) is 83.8 Å². The van der Waals surface area contributed by atoms with E-state index in [-0.39, 0.29) is 17.4 Å². The molecular formula is C22H21N3O5S. The van der Waals surface area contributed by atoms with Gasteiger partial charge in [0, 0.05) is 24.0 Å². The minimum Gasteiger partial charge on any atom is -0.484 e. The van der Waals surface area contributed by atoms with Crippen LogP contribution in [0.3, 0.4) is 0 Å². The van der Waals surface area contributed by atoms with Gasteiger partial charge in [0.05, 0.1) is 4.90 Å². The van der Waals surface area contributed by atoms with E-state index in [0.717, 1.165) is 0 Å². The fourth-order valence-corrected chi connectivity index (χ4v) is 3.72. The number of anilines is 3. The van der Waals surface area contributed by atoms with Gasteiger partial charge in [0.1, 0.15) is 5.75 Å². The highest BCUT2D eigenvalue weighted by Gasteiger charge is 2.14. The van der Waals surface area contributed by atoms with Gasteiger partial charge in [0.2, 0.25) is 5.91 Å². The molecule has 3 aromatic carbocycles. The maximum atomic E-state index is 12.4. The molecule has 3 N–H and O–H groups in total. The fraction of sp³-hybridized carbons (Fsp3) is 0.0909. The average molecular weight is 439 g/mol. The Hall–Kier alpha value is -3.85. The normalized spacial score (nSPS) is 10.7. The van der Waals surface area contributed by atoms with Gasteiger partial charge in [-0.25, -0.2) is 8.42 Å². The molecule has 3 aromatic rings. The van der Waals surface area contributed by atoms with Crippen LogP contribution in [-0.4, -0.2) is 26.8 Å². The van der Waals surface area contributed by atoms with Crippen molar-refractivity contribution in [3.8, 4) is 5.75 Å². The van der Waals surface area contributed by atoms with E-state index in [1.54, 1.807) is 54.6 Å². The Morgan fingerprint density at radius 3 is 2.06 bits per heavy atom. The summed E-state index contributed by atoms with van der Waals surface area (Å²) in [6.07, 6.45) is 0. The Labute approximate surface area is 180 Å². The van der Waals surface area contributed by atoms with E-state index < -0.39 is 15.9 Å². The van der Waals surface area contributed by atoms with Crippen molar-refractivity contribution in [2.75, 3.05) is 22.0 Å². The second-order valence-electron chi connectivity index (χ2n) is 6.54. The van der Waals surface area contributed by atoms with Crippen molar-refractivity contribution in [3.63, 3.8) is 0 Å². The van der Waals surface area contributed by atoms with Crippen LogP contribution in [0, 0.1) is 0 Å². The van der Waals surface area contributed by atoms with E-state index in [4.69, 9.17) is 4.74 Å². The summed E-state index contributed by atoms with van der Waals surface area (Å²) in [6, 6.07) is 21.0. The average Bonchev–Trinajstić information content (AvgIpc) is 2.73. The topological polar surface area (TPSA) is 114 Å². The lowest BCUT2D eigenvalue weighted by Crippen LogP contribution is -2.20. The second-order valence-corrected chi connectivity index (χ2v) is 8.22. The number of para-hydroxylation sites is 1. The van der Waals surface area contributed by atoms with Crippen molar-refractivity contribution in [3.05, 3.63) is 78.9 Å². The molecule has 0 saturated heterocycles. The predicted molar refractivity (Wildman–Crippen MR) is 119 cm³/mol. The van der Waals surface area contributed by atoms with E-state index in [1.165, 1.54) is 31.2 Å². The van der Waals surface area contributed by atoms with Crippen LogP contribution in [-0.2, 0) is 19.6 Å². The summed E-state index contributed by atoms with van der Waals surface area (Å²) in [7, 11) is -3.73. The zero-order chi connectivity index (χ0) is 22.3. The van der Waals surface area contributed by atoms with Crippen LogP contribution in [0.25, 0.3) is 0 Å². The van der Waals surface area contributed by atoms with Gasteiger partial charge < -0.3 is 15.4 Å². The molecule has 0 spiro atoms. The van der Waals surface area contributed by atoms with Crippen LogP contribution >= 0.6 is 0 Å². The lowest BCUT2D eigenvalue weighted by atomic mass is 10.2. The van der Waals surface area contributed by atoms with Gasteiger partial charge in [-0.05, 0) is 54.6 Å². The molecule has 8 nitrogen and oxygen atoms in total. The van der Waals surface area contributed by atoms with E-state index in [9.17, 15) is 18.0 Å². The zero-order valence-corrected chi connectivity index (χ0v) is 17.5. The fourth-order valence-electron chi connectivity index (χ4n) is 2.66. The van der Waals surface area contributed by atoms with Crippen molar-refractivity contribution in [2.45, 2.75) is 11.8 Å². The summed E-state index contributed by atoms with van der Waals surface area (Å²) in [4.78, 5) is 23.3. The van der Waals surface area contributed by atoms with Crippen molar-refractivity contribution >= 4 is 38.9 Å². The zero-order valence-electron chi connectivity index (χ0n) is 16.7. The Balaban J connectivity index is 1.55. The Morgan fingerprint density at radius 1 is 0.806 bits per heavy atom. The van der Waals surface area contributed by atoms with Gasteiger partial charge >= 0.3 is 0 Å². The molecule has 0 heterocycles. The van der Waals surface area contributed by atoms with Gasteiger partial charge in [-0.3, -0.25) is 14.3 Å². The number of carbonyl (C=O) groups is 2. The SMILES string of the molecule is CC(=O)Nc1cccc(NC(=O)COc2ccc(S(=O)(=O)Nc3ccccc3)cc2)c1. The first-order valence-electron chi connectivity index (χ1n) is 9.30. The standard InChI is InChI=1S/C22H21N3O5S/c1-16(26)23-18-8-5-9-19(14-18)24-22(27)15-30-20-10-12-21(13-11-20)31(28,29)25-17-6-3-2-4-7-17/h2-14,25H,15H2,1H3,(H,23,26)(H,24,27). The Morgan fingerprint density at radius 2 is 1.42 bits per heavy atom. The highest BCUT2D eigenvalue weighted by molar-refractivity contribution is 7.92. The third-order valence-corrected chi connectivity index (χ3v) is 5.39. The van der Waals surface area contributed by atoms with Gasteiger partial charge in [-0.1, -0.05) is 24.3 Å². The van der Waals surface area contributed by atoms with E-state index in [2.05, 4.69) is 15.4 Å². The summed E-state index contributed by atoms with van der Waals surface area (Å²) < 4.78 is 32.8. The first-order chi connectivity index (χ1) is 14.8. The molecule has 2 amide bonds. The van der Waals surface area contributed by atoms with Crippen LogP contribution in [0.4, 0.5) is 17.1 Å². The van der Waals surface area contributed by atoms with E-state index in [1.807, 2.05) is 0 Å². The lowest BCUT2D eigenvalue weighted by Gasteiger charge is -2.10. The molecule has 0 aliphatic heterocycles. The maximum Gasteiger partial charge on any atom is 0.262 e. The van der Waals surface area contributed by atoms with Gasteiger partial charge in [-0.15, -0.1) is 0 Å². The van der Waals surface area contributed by atoms with Crippen LogP contribution in [0.1, 0.15) is 6.92 Å². The van der Waals surface area contributed by atoms with Crippen molar-refractivity contribution in [2.24, 2.45) is 0 Å². The summed E-state index contributed by atoms with van der Waals surface area (Å²) in [5.74, 6) is -0.264. The number of ether oxygens (including phenoxy) is 1. The van der Waals surface area contributed by atoms with Gasteiger partial charge in [0.25, 0.3) is 15.9 Å². The van der Waals surface area contributed by atoms with Crippen LogP contribution in [0.2, 0.25) is 0 Å². The number of benzene rings is 3. The van der Waals surface area contributed by atoms with Crippen LogP contribution < -0.4 is 20.1 Å². The highest BCUT2D eigenvalue weighted by atomic mass is 32.2. The number of hydrogen-bond donors (Lipinski definition) is 3. The molecule has 0 unspecified atom stereocenters. The molecule has 160 valence electrons. The largest absolute Gasteiger partial charge is 0.484 e. The number of sulfonamides is 1. The number of hydrogen-bond acceptors (Lipinski definition) is 5. The molecule has 31 heavy (non-hydrogen) atoms. The Bertz CT molecular complexity index is 1160. The number of rotatable bonds is 8. The molecule has 0 bridgehead atoms. The molecular weight excluding hydrogens is 418 g/mol. The summed E-state index contributed by atoms with van der Waals surface area (Å²) in [5, 5.41) is 5.30. The number of amides is 2. The first kappa shape index (κ1) is 21.8. The van der Waals surface area contributed by atoms with Gasteiger partial charge in [-0.2, -0.15) is 0 Å². The summed E-state index contributed by atoms with van der Waals surface area (Å²) >= 11 is 0. The molecule has 0 atom stereocenters. The second kappa shape index (κ2) is 9.77. The molecule has 0 aliphatic rings. The number of nitrogens with one attached hydrogen (secondary N) is 3. The quantitative estimate of drug-likeness (QED) is 0.497. The van der Waals surface area contributed by atoms with Crippen molar-refractivity contribution in [1.82, 2.24) is 0 Å². The third-order valence-electron chi connectivity index (χ3n) is 4.00. The minimum absolute atomic E-state index is 0.0722. The smallest absolute Gasteiger partial charge is 0.262 e. The summed E-state index contributed by atoms with van der Waals surface area (Å²) in [5.41, 5.74) is 1.53. The minimum atomic E-state index is -3.73. The van der Waals surface area contributed by atoms with E-state index >= 15 is 0 Å². The maximum absolute atomic E-state index is 12.4. The van der Waals surface area contributed by atoms with Crippen molar-refractivity contribution in [1.29, 1.82) is 0 Å². The molecule has 9 heteroatoms. The lowest BCUT2D eigenvalue weighted by molar-refractivity contribution is -0.118. The van der Waals surface area contributed by atoms with Crippen molar-refractivity contribution < 1.29 is 22.7 Å². The molecule has 0 radical (unpaired) electrons. The van der Waals surface area contributed by atoms with Crippen LogP contribution in [0.5, 0.6) is 5.75 Å². The first-order valence-corrected chi connectivity index (χ1v) is 10.8. The third kappa shape index (κ3) is 6.58. The predicted octanol–water partition coefficient (Wildman–Crippen LogP) is 3.46. The molecule has 0 aromatic heterocycles. The molecule has 0 saturated carbocycles. The molecule has 0 fully saturated rings. The Kier molecular flexibility index (Phi) is 6.88. The molecule has 0 aliphatic carbocycles. The number of carbonyl (C=O) groups excluding carboxylic acids is 2.